The Morgan fingerprint density at radius 3 is 2.76 bits per heavy atom. The molecule has 1 heterocycles. The number of nitrogens with zero attached hydrogens (tertiary/aromatic N) is 1. The van der Waals surface area contributed by atoms with Crippen LogP contribution in [0.2, 0.25) is 0 Å². The van der Waals surface area contributed by atoms with Crippen molar-refractivity contribution in [2.45, 2.75) is 38.1 Å². The Kier molecular flexibility index (Phi) is 8.11. The van der Waals surface area contributed by atoms with Gasteiger partial charge < -0.3 is 15.5 Å². The first-order valence-electron chi connectivity index (χ1n) is 9.37. The Labute approximate surface area is 182 Å². The van der Waals surface area contributed by atoms with Crippen LogP contribution in [0, 0.1) is 0 Å². The first-order chi connectivity index (χ1) is 13.2. The number of nitrogens with one attached hydrogen (secondary N) is 1. The third kappa shape index (κ3) is 5.52. The molecule has 2 aromatic carbocycles. The highest BCUT2D eigenvalue weighted by Gasteiger charge is 2.22. The van der Waals surface area contributed by atoms with E-state index in [1.165, 1.54) is 11.1 Å². The Morgan fingerprint density at radius 2 is 1.97 bits per heavy atom. The van der Waals surface area contributed by atoms with Gasteiger partial charge in [0.05, 0.1) is 12.2 Å². The molecule has 1 amide bonds. The molecule has 7 heteroatoms. The summed E-state index contributed by atoms with van der Waals surface area (Å²) >= 11 is 0. The first-order valence-corrected chi connectivity index (χ1v) is 9.37. The molecule has 0 radical (unpaired) electrons. The van der Waals surface area contributed by atoms with E-state index in [0.29, 0.717) is 18.7 Å². The standard InChI is InChI=1S/C22H23N3O2.2ClH/c23-17-9-10-18-16(13-17)7-4-8-19(18)25-21(26)11-12-22-24-14-20(27-22)15-5-2-1-3-6-15;;/h1-3,5-6,9-10,13-14,19H,4,7-8,11-12,23H2,(H,25,26);2*1H. The Bertz CT molecular complexity index is 944. The van der Waals surface area contributed by atoms with Gasteiger partial charge in [-0.3, -0.25) is 4.79 Å². The van der Waals surface area contributed by atoms with Gasteiger partial charge in [-0.15, -0.1) is 24.8 Å². The van der Waals surface area contributed by atoms with E-state index in [1.54, 1.807) is 6.20 Å². The van der Waals surface area contributed by atoms with Gasteiger partial charge in [0, 0.05) is 24.1 Å². The predicted octanol–water partition coefficient (Wildman–Crippen LogP) is 4.89. The number of aryl methyl sites for hydroxylation is 2. The number of carbonyl (C=O) groups is 1. The second-order valence-electron chi connectivity index (χ2n) is 6.95. The molecule has 0 saturated carbocycles. The number of benzene rings is 2. The number of fused-ring (bicyclic) bond motifs is 1. The molecule has 0 bridgehead atoms. The van der Waals surface area contributed by atoms with E-state index in [1.807, 2.05) is 48.5 Å². The molecular weight excluding hydrogens is 409 g/mol. The zero-order chi connectivity index (χ0) is 18.6. The van der Waals surface area contributed by atoms with Crippen molar-refractivity contribution in [2.24, 2.45) is 0 Å². The highest BCUT2D eigenvalue weighted by molar-refractivity contribution is 5.85. The summed E-state index contributed by atoms with van der Waals surface area (Å²) in [6.07, 6.45) is 5.59. The summed E-state index contributed by atoms with van der Waals surface area (Å²) in [6, 6.07) is 15.9. The molecular formula is C22H25Cl2N3O2. The molecule has 1 aromatic heterocycles. The number of nitrogens with two attached hydrogens (primary N) is 1. The van der Waals surface area contributed by atoms with E-state index in [9.17, 15) is 4.79 Å². The van der Waals surface area contributed by atoms with Crippen LogP contribution in [0.15, 0.2) is 59.1 Å². The van der Waals surface area contributed by atoms with E-state index in [2.05, 4.69) is 10.3 Å². The van der Waals surface area contributed by atoms with E-state index in [-0.39, 0.29) is 36.8 Å². The molecule has 154 valence electrons. The molecule has 1 aliphatic rings. The van der Waals surface area contributed by atoms with E-state index >= 15 is 0 Å². The minimum atomic E-state index is 0. The van der Waals surface area contributed by atoms with Gasteiger partial charge >= 0.3 is 0 Å². The number of anilines is 1. The van der Waals surface area contributed by atoms with Crippen molar-refractivity contribution in [3.8, 4) is 11.3 Å². The summed E-state index contributed by atoms with van der Waals surface area (Å²) < 4.78 is 5.77. The molecule has 0 spiro atoms. The highest BCUT2D eigenvalue weighted by Crippen LogP contribution is 2.31. The largest absolute Gasteiger partial charge is 0.441 e. The zero-order valence-electron chi connectivity index (χ0n) is 16.0. The predicted molar refractivity (Wildman–Crippen MR) is 119 cm³/mol. The van der Waals surface area contributed by atoms with Crippen molar-refractivity contribution in [2.75, 3.05) is 5.73 Å². The van der Waals surface area contributed by atoms with Gasteiger partial charge in [0.25, 0.3) is 0 Å². The number of carbonyl (C=O) groups excluding carboxylic acids is 1. The second kappa shape index (κ2) is 10.3. The SMILES string of the molecule is Cl.Cl.Nc1ccc2c(c1)CCCC2NC(=O)CCc1ncc(-c2ccccc2)o1. The minimum Gasteiger partial charge on any atom is -0.441 e. The average molecular weight is 434 g/mol. The topological polar surface area (TPSA) is 81.1 Å². The van der Waals surface area contributed by atoms with Crippen LogP contribution in [0.25, 0.3) is 11.3 Å². The minimum absolute atomic E-state index is 0. The van der Waals surface area contributed by atoms with Gasteiger partial charge in [-0.2, -0.15) is 0 Å². The molecule has 0 fully saturated rings. The summed E-state index contributed by atoms with van der Waals surface area (Å²) in [7, 11) is 0. The van der Waals surface area contributed by atoms with Crippen LogP contribution < -0.4 is 11.1 Å². The maximum Gasteiger partial charge on any atom is 0.220 e. The summed E-state index contributed by atoms with van der Waals surface area (Å²) in [6.45, 7) is 0. The molecule has 1 aliphatic carbocycles. The van der Waals surface area contributed by atoms with Crippen molar-refractivity contribution < 1.29 is 9.21 Å². The summed E-state index contributed by atoms with van der Waals surface area (Å²) in [5.74, 6) is 1.33. The fourth-order valence-electron chi connectivity index (χ4n) is 3.63. The van der Waals surface area contributed by atoms with Crippen molar-refractivity contribution in [1.82, 2.24) is 10.3 Å². The maximum atomic E-state index is 12.4. The first kappa shape index (κ1) is 22.8. The van der Waals surface area contributed by atoms with Crippen LogP contribution in [0.3, 0.4) is 0 Å². The number of rotatable bonds is 5. The third-order valence-electron chi connectivity index (χ3n) is 4.99. The fraction of sp³-hybridized carbons (Fsp3) is 0.273. The van der Waals surface area contributed by atoms with E-state index in [4.69, 9.17) is 10.2 Å². The lowest BCUT2D eigenvalue weighted by molar-refractivity contribution is -0.122. The van der Waals surface area contributed by atoms with Crippen molar-refractivity contribution >= 4 is 36.4 Å². The summed E-state index contributed by atoms with van der Waals surface area (Å²) in [4.78, 5) is 16.7. The second-order valence-corrected chi connectivity index (χ2v) is 6.95. The molecule has 1 atom stereocenters. The lowest BCUT2D eigenvalue weighted by Gasteiger charge is -2.26. The molecule has 1 unspecified atom stereocenters. The molecule has 3 aromatic rings. The highest BCUT2D eigenvalue weighted by atomic mass is 35.5. The number of hydrogen-bond donors (Lipinski definition) is 2. The smallest absolute Gasteiger partial charge is 0.220 e. The molecule has 5 nitrogen and oxygen atoms in total. The van der Waals surface area contributed by atoms with E-state index in [0.717, 1.165) is 36.3 Å². The number of amides is 1. The van der Waals surface area contributed by atoms with Crippen LogP contribution in [-0.2, 0) is 17.6 Å². The van der Waals surface area contributed by atoms with Crippen molar-refractivity contribution in [1.29, 1.82) is 0 Å². The van der Waals surface area contributed by atoms with Gasteiger partial charge in [0.2, 0.25) is 5.91 Å². The lowest BCUT2D eigenvalue weighted by Crippen LogP contribution is -2.31. The molecule has 3 N–H and O–H groups in total. The van der Waals surface area contributed by atoms with Crippen LogP contribution in [0.5, 0.6) is 0 Å². The fourth-order valence-corrected chi connectivity index (χ4v) is 3.63. The number of halogens is 2. The van der Waals surface area contributed by atoms with E-state index < -0.39 is 0 Å². The summed E-state index contributed by atoms with van der Waals surface area (Å²) in [5, 5.41) is 3.15. The van der Waals surface area contributed by atoms with Gasteiger partial charge in [0.1, 0.15) is 0 Å². The van der Waals surface area contributed by atoms with Gasteiger partial charge in [0.15, 0.2) is 11.7 Å². The van der Waals surface area contributed by atoms with Crippen LogP contribution in [0.1, 0.15) is 42.3 Å². The number of oxazole rings is 1. The Balaban J connectivity index is 0.00000150. The number of aromatic nitrogens is 1. The molecule has 0 saturated heterocycles. The maximum absolute atomic E-state index is 12.4. The van der Waals surface area contributed by atoms with Crippen molar-refractivity contribution in [3.05, 3.63) is 71.7 Å². The average Bonchev–Trinajstić information content (AvgIpc) is 3.16. The monoisotopic (exact) mass is 433 g/mol. The Morgan fingerprint density at radius 1 is 1.17 bits per heavy atom. The van der Waals surface area contributed by atoms with Crippen LogP contribution >= 0.6 is 24.8 Å². The number of hydrogen-bond acceptors (Lipinski definition) is 4. The lowest BCUT2D eigenvalue weighted by atomic mass is 9.87. The molecule has 29 heavy (non-hydrogen) atoms. The third-order valence-corrected chi connectivity index (χ3v) is 4.99. The van der Waals surface area contributed by atoms with Crippen LogP contribution in [-0.4, -0.2) is 10.9 Å². The van der Waals surface area contributed by atoms with Gasteiger partial charge in [-0.1, -0.05) is 36.4 Å². The normalized spacial score (nSPS) is 14.8. The van der Waals surface area contributed by atoms with Crippen LogP contribution in [0.4, 0.5) is 5.69 Å². The van der Waals surface area contributed by atoms with Crippen molar-refractivity contribution in [3.63, 3.8) is 0 Å². The zero-order valence-corrected chi connectivity index (χ0v) is 17.6. The number of nitrogen functional groups attached to an aromatic ring is 1. The van der Waals surface area contributed by atoms with Gasteiger partial charge in [-0.05, 0) is 42.5 Å². The molecule has 4 rings (SSSR count). The van der Waals surface area contributed by atoms with Gasteiger partial charge in [-0.25, -0.2) is 4.98 Å². The Hall–Kier alpha value is -2.50. The molecule has 0 aliphatic heterocycles. The quantitative estimate of drug-likeness (QED) is 0.560. The summed E-state index contributed by atoms with van der Waals surface area (Å²) in [5.41, 5.74) is 10.1.